The summed E-state index contributed by atoms with van der Waals surface area (Å²) in [5.74, 6) is 2.83. The van der Waals surface area contributed by atoms with Gasteiger partial charge in [-0.3, -0.25) is 4.90 Å². The van der Waals surface area contributed by atoms with Crippen LogP contribution >= 0.6 is 0 Å². The summed E-state index contributed by atoms with van der Waals surface area (Å²) in [6.45, 7) is 5.53. The molecule has 1 aliphatic heterocycles. The second-order valence-corrected chi connectivity index (χ2v) is 5.24. The Bertz CT molecular complexity index is 407. The Morgan fingerprint density at radius 3 is 2.89 bits per heavy atom. The van der Waals surface area contributed by atoms with E-state index in [-0.39, 0.29) is 0 Å². The van der Waals surface area contributed by atoms with E-state index in [1.165, 1.54) is 12.0 Å². The highest BCUT2D eigenvalue weighted by molar-refractivity contribution is 5.19. The van der Waals surface area contributed by atoms with E-state index in [0.29, 0.717) is 12.1 Å². The Morgan fingerprint density at radius 2 is 2.21 bits per heavy atom. The SMILES string of the molecule is C#CCC(CC)N1CCCNC(c2ccccc2)C1. The van der Waals surface area contributed by atoms with Crippen LogP contribution in [0, 0.1) is 12.3 Å². The molecule has 1 N–H and O–H groups in total. The van der Waals surface area contributed by atoms with Crippen molar-refractivity contribution in [3.8, 4) is 12.3 Å². The molecule has 2 nitrogen and oxygen atoms in total. The molecule has 2 heteroatoms. The molecule has 0 aromatic heterocycles. The van der Waals surface area contributed by atoms with Crippen LogP contribution in [0.5, 0.6) is 0 Å². The van der Waals surface area contributed by atoms with Gasteiger partial charge in [0.15, 0.2) is 0 Å². The first kappa shape index (κ1) is 14.1. The number of terminal acetylenes is 1. The van der Waals surface area contributed by atoms with Crippen LogP contribution in [0.15, 0.2) is 30.3 Å². The summed E-state index contributed by atoms with van der Waals surface area (Å²) in [5.41, 5.74) is 1.38. The second-order valence-electron chi connectivity index (χ2n) is 5.24. The molecule has 1 aromatic carbocycles. The maximum atomic E-state index is 5.50. The van der Waals surface area contributed by atoms with Crippen molar-refractivity contribution in [2.45, 2.75) is 38.3 Å². The summed E-state index contributed by atoms with van der Waals surface area (Å²) in [4.78, 5) is 2.57. The van der Waals surface area contributed by atoms with Crippen LogP contribution in [0.4, 0.5) is 0 Å². The Kier molecular flexibility index (Phi) is 5.44. The van der Waals surface area contributed by atoms with Gasteiger partial charge < -0.3 is 5.32 Å². The summed E-state index contributed by atoms with van der Waals surface area (Å²) in [5, 5.41) is 3.66. The molecule has 0 aliphatic carbocycles. The summed E-state index contributed by atoms with van der Waals surface area (Å²) in [6.07, 6.45) is 8.69. The molecule has 1 heterocycles. The average Bonchev–Trinajstić information content (AvgIpc) is 2.71. The number of nitrogens with one attached hydrogen (secondary N) is 1. The van der Waals surface area contributed by atoms with Crippen molar-refractivity contribution in [2.24, 2.45) is 0 Å². The van der Waals surface area contributed by atoms with E-state index in [9.17, 15) is 0 Å². The Balaban J connectivity index is 2.08. The molecule has 0 amide bonds. The molecule has 1 aliphatic rings. The van der Waals surface area contributed by atoms with E-state index in [0.717, 1.165) is 32.5 Å². The van der Waals surface area contributed by atoms with Gasteiger partial charge in [0.05, 0.1) is 0 Å². The summed E-state index contributed by atoms with van der Waals surface area (Å²) >= 11 is 0. The summed E-state index contributed by atoms with van der Waals surface area (Å²) in [7, 11) is 0. The maximum absolute atomic E-state index is 5.50. The van der Waals surface area contributed by atoms with E-state index in [2.05, 4.69) is 53.4 Å². The largest absolute Gasteiger partial charge is 0.309 e. The zero-order chi connectivity index (χ0) is 13.5. The average molecular weight is 256 g/mol. The van der Waals surface area contributed by atoms with Gasteiger partial charge >= 0.3 is 0 Å². The molecule has 0 radical (unpaired) electrons. The predicted octanol–water partition coefficient (Wildman–Crippen LogP) is 2.82. The van der Waals surface area contributed by atoms with Crippen LogP contribution in [-0.4, -0.2) is 30.6 Å². The van der Waals surface area contributed by atoms with E-state index >= 15 is 0 Å². The third-order valence-corrected chi connectivity index (χ3v) is 3.97. The Morgan fingerprint density at radius 1 is 1.42 bits per heavy atom. The molecule has 2 unspecified atom stereocenters. The van der Waals surface area contributed by atoms with E-state index in [4.69, 9.17) is 6.42 Å². The molecule has 0 saturated carbocycles. The smallest absolute Gasteiger partial charge is 0.0449 e. The van der Waals surface area contributed by atoms with Crippen molar-refractivity contribution >= 4 is 0 Å². The lowest BCUT2D eigenvalue weighted by molar-refractivity contribution is 0.190. The van der Waals surface area contributed by atoms with Gasteiger partial charge in [-0.2, -0.15) is 0 Å². The predicted molar refractivity (Wildman–Crippen MR) is 80.9 cm³/mol. The minimum absolute atomic E-state index is 0.426. The number of rotatable bonds is 4. The van der Waals surface area contributed by atoms with Gasteiger partial charge in [0, 0.05) is 25.0 Å². The summed E-state index contributed by atoms with van der Waals surface area (Å²) in [6, 6.07) is 11.7. The highest BCUT2D eigenvalue weighted by Gasteiger charge is 2.23. The molecule has 2 atom stereocenters. The van der Waals surface area contributed by atoms with Gasteiger partial charge in [0.2, 0.25) is 0 Å². The third-order valence-electron chi connectivity index (χ3n) is 3.97. The highest BCUT2D eigenvalue weighted by atomic mass is 15.2. The van der Waals surface area contributed by atoms with Crippen molar-refractivity contribution < 1.29 is 0 Å². The monoisotopic (exact) mass is 256 g/mol. The molecule has 0 bridgehead atoms. The fraction of sp³-hybridized carbons (Fsp3) is 0.529. The molecule has 1 saturated heterocycles. The molecular formula is C17H24N2. The topological polar surface area (TPSA) is 15.3 Å². The second kappa shape index (κ2) is 7.33. The lowest BCUT2D eigenvalue weighted by Gasteiger charge is -2.31. The highest BCUT2D eigenvalue weighted by Crippen LogP contribution is 2.20. The van der Waals surface area contributed by atoms with Crippen LogP contribution in [0.3, 0.4) is 0 Å². The molecule has 2 rings (SSSR count). The Labute approximate surface area is 117 Å². The molecule has 1 fully saturated rings. The number of hydrogen-bond donors (Lipinski definition) is 1. The molecule has 1 aromatic rings. The number of hydrogen-bond acceptors (Lipinski definition) is 2. The molecule has 102 valence electrons. The fourth-order valence-corrected chi connectivity index (χ4v) is 2.86. The van der Waals surface area contributed by atoms with Crippen molar-refractivity contribution in [3.63, 3.8) is 0 Å². The van der Waals surface area contributed by atoms with Crippen LogP contribution in [0.2, 0.25) is 0 Å². The fourth-order valence-electron chi connectivity index (χ4n) is 2.86. The zero-order valence-corrected chi connectivity index (χ0v) is 11.8. The minimum atomic E-state index is 0.426. The van der Waals surface area contributed by atoms with Crippen molar-refractivity contribution in [3.05, 3.63) is 35.9 Å². The Hall–Kier alpha value is -1.30. The number of nitrogens with zero attached hydrogens (tertiary/aromatic N) is 1. The van der Waals surface area contributed by atoms with Crippen LogP contribution < -0.4 is 5.32 Å². The first-order chi connectivity index (χ1) is 9.35. The van der Waals surface area contributed by atoms with E-state index in [1.54, 1.807) is 0 Å². The van der Waals surface area contributed by atoms with Gasteiger partial charge in [-0.15, -0.1) is 12.3 Å². The normalized spacial score (nSPS) is 22.4. The van der Waals surface area contributed by atoms with Crippen LogP contribution in [-0.2, 0) is 0 Å². The maximum Gasteiger partial charge on any atom is 0.0449 e. The first-order valence-electron chi connectivity index (χ1n) is 7.31. The van der Waals surface area contributed by atoms with Crippen LogP contribution in [0.25, 0.3) is 0 Å². The van der Waals surface area contributed by atoms with Crippen molar-refractivity contribution in [1.82, 2.24) is 10.2 Å². The quantitative estimate of drug-likeness (QED) is 0.833. The molecular weight excluding hydrogens is 232 g/mol. The lowest BCUT2D eigenvalue weighted by Crippen LogP contribution is -2.38. The van der Waals surface area contributed by atoms with E-state index in [1.807, 2.05) is 0 Å². The lowest BCUT2D eigenvalue weighted by atomic mass is 10.0. The van der Waals surface area contributed by atoms with Gasteiger partial charge in [0.1, 0.15) is 0 Å². The standard InChI is InChI=1S/C17H24N2/c1-3-9-16(4-2)19-13-8-12-18-17(14-19)15-10-6-5-7-11-15/h1,5-7,10-11,16-18H,4,8-9,12-14H2,2H3. The minimum Gasteiger partial charge on any atom is -0.309 e. The van der Waals surface area contributed by atoms with Crippen molar-refractivity contribution in [2.75, 3.05) is 19.6 Å². The molecule has 19 heavy (non-hydrogen) atoms. The number of benzene rings is 1. The third kappa shape index (κ3) is 3.83. The van der Waals surface area contributed by atoms with Crippen LogP contribution in [0.1, 0.15) is 37.8 Å². The zero-order valence-electron chi connectivity index (χ0n) is 11.8. The van der Waals surface area contributed by atoms with E-state index < -0.39 is 0 Å². The molecule has 0 spiro atoms. The van der Waals surface area contributed by atoms with Gasteiger partial charge in [0.25, 0.3) is 0 Å². The van der Waals surface area contributed by atoms with Crippen molar-refractivity contribution in [1.29, 1.82) is 0 Å². The summed E-state index contributed by atoms with van der Waals surface area (Å²) < 4.78 is 0. The first-order valence-corrected chi connectivity index (χ1v) is 7.31. The van der Waals surface area contributed by atoms with Gasteiger partial charge in [-0.25, -0.2) is 0 Å². The van der Waals surface area contributed by atoms with Gasteiger partial charge in [-0.05, 0) is 31.5 Å². The van der Waals surface area contributed by atoms with Gasteiger partial charge in [-0.1, -0.05) is 37.3 Å².